The molecule has 90 valence electrons. The van der Waals surface area contributed by atoms with Gasteiger partial charge in [-0.3, -0.25) is 4.68 Å². The lowest BCUT2D eigenvalue weighted by molar-refractivity contribution is 0.464. The lowest BCUT2D eigenvalue weighted by atomic mass is 10.5. The summed E-state index contributed by atoms with van der Waals surface area (Å²) in [6.07, 6.45) is 1.85. The number of anilines is 1. The molecule has 1 aliphatic rings. The first-order chi connectivity index (χ1) is 7.35. The molecule has 0 unspecified atom stereocenters. The van der Waals surface area contributed by atoms with Crippen molar-refractivity contribution in [2.45, 2.75) is 30.7 Å². The lowest BCUT2D eigenvalue weighted by Crippen LogP contribution is -2.29. The van der Waals surface area contributed by atoms with E-state index in [9.17, 15) is 8.42 Å². The molecule has 0 radical (unpaired) electrons. The van der Waals surface area contributed by atoms with Gasteiger partial charge in [0.05, 0.1) is 5.69 Å². The highest BCUT2D eigenvalue weighted by molar-refractivity contribution is 7.89. The summed E-state index contributed by atoms with van der Waals surface area (Å²) >= 11 is 0. The van der Waals surface area contributed by atoms with Gasteiger partial charge >= 0.3 is 0 Å². The van der Waals surface area contributed by atoms with Gasteiger partial charge in [-0.15, -0.1) is 0 Å². The molecule has 0 spiro atoms. The third-order valence-corrected chi connectivity index (χ3v) is 5.08. The summed E-state index contributed by atoms with van der Waals surface area (Å²) in [4.78, 5) is 0.143. The molecule has 0 bridgehead atoms. The van der Waals surface area contributed by atoms with Crippen molar-refractivity contribution in [3.8, 4) is 0 Å². The van der Waals surface area contributed by atoms with Gasteiger partial charge in [0.1, 0.15) is 4.90 Å². The van der Waals surface area contributed by atoms with Gasteiger partial charge in [-0.05, 0) is 19.8 Å². The molecule has 1 aromatic heterocycles. The van der Waals surface area contributed by atoms with E-state index < -0.39 is 10.0 Å². The van der Waals surface area contributed by atoms with E-state index in [1.54, 1.807) is 21.0 Å². The summed E-state index contributed by atoms with van der Waals surface area (Å²) in [5.74, 6) is 0.0764. The Morgan fingerprint density at radius 3 is 2.44 bits per heavy atom. The van der Waals surface area contributed by atoms with Gasteiger partial charge in [-0.25, -0.2) is 8.42 Å². The van der Waals surface area contributed by atoms with Gasteiger partial charge in [0.25, 0.3) is 0 Å². The summed E-state index contributed by atoms with van der Waals surface area (Å²) in [6, 6.07) is 0.129. The quantitative estimate of drug-likeness (QED) is 0.817. The fourth-order valence-electron chi connectivity index (χ4n) is 1.71. The lowest BCUT2D eigenvalue weighted by Gasteiger charge is -2.16. The summed E-state index contributed by atoms with van der Waals surface area (Å²) in [6.45, 7) is 1.71. The molecule has 1 aromatic rings. The minimum absolute atomic E-state index is 0.0764. The molecule has 7 heteroatoms. The van der Waals surface area contributed by atoms with Gasteiger partial charge < -0.3 is 5.73 Å². The van der Waals surface area contributed by atoms with E-state index in [-0.39, 0.29) is 16.8 Å². The van der Waals surface area contributed by atoms with Crippen LogP contribution in [0.3, 0.4) is 0 Å². The number of rotatable bonds is 3. The van der Waals surface area contributed by atoms with Gasteiger partial charge in [0.15, 0.2) is 5.82 Å². The molecule has 0 aliphatic heterocycles. The van der Waals surface area contributed by atoms with Crippen molar-refractivity contribution >= 4 is 15.8 Å². The first-order valence-corrected chi connectivity index (χ1v) is 6.57. The van der Waals surface area contributed by atoms with Gasteiger partial charge in [0.2, 0.25) is 10.0 Å². The highest BCUT2D eigenvalue weighted by Gasteiger charge is 2.37. The van der Waals surface area contributed by atoms with Crippen LogP contribution in [0.2, 0.25) is 0 Å². The number of sulfonamides is 1. The number of hydrogen-bond acceptors (Lipinski definition) is 4. The minimum atomic E-state index is -3.49. The molecule has 0 amide bonds. The maximum atomic E-state index is 12.3. The Hall–Kier alpha value is -1.08. The molecule has 6 nitrogen and oxygen atoms in total. The topological polar surface area (TPSA) is 81.2 Å². The van der Waals surface area contributed by atoms with Crippen molar-refractivity contribution in [2.24, 2.45) is 7.05 Å². The Bertz CT molecular complexity index is 516. The van der Waals surface area contributed by atoms with Crippen LogP contribution in [-0.4, -0.2) is 35.6 Å². The van der Waals surface area contributed by atoms with E-state index >= 15 is 0 Å². The number of nitrogens with two attached hydrogens (primary N) is 1. The van der Waals surface area contributed by atoms with Crippen molar-refractivity contribution in [3.63, 3.8) is 0 Å². The SMILES string of the molecule is Cc1c(S(=O)(=O)N(C)C2CC2)c(N)nn1C. The number of aromatic nitrogens is 2. The van der Waals surface area contributed by atoms with Crippen molar-refractivity contribution < 1.29 is 8.42 Å². The molecule has 0 aromatic carbocycles. The molecule has 2 N–H and O–H groups in total. The smallest absolute Gasteiger partial charge is 0.248 e. The summed E-state index contributed by atoms with van der Waals surface area (Å²) in [5.41, 5.74) is 6.22. The average molecular weight is 244 g/mol. The Morgan fingerprint density at radius 1 is 1.50 bits per heavy atom. The van der Waals surface area contributed by atoms with Crippen molar-refractivity contribution in [3.05, 3.63) is 5.69 Å². The average Bonchev–Trinajstić information content (AvgIpc) is 2.95. The summed E-state index contributed by atoms with van der Waals surface area (Å²) in [5, 5.41) is 3.93. The predicted molar refractivity (Wildman–Crippen MR) is 60.3 cm³/mol. The largest absolute Gasteiger partial charge is 0.381 e. The molecular formula is C9H16N4O2S. The van der Waals surface area contributed by atoms with E-state index in [4.69, 9.17) is 5.73 Å². The van der Waals surface area contributed by atoms with Crippen LogP contribution < -0.4 is 5.73 Å². The van der Waals surface area contributed by atoms with Crippen LogP contribution in [0.1, 0.15) is 18.5 Å². The number of hydrogen-bond donors (Lipinski definition) is 1. The minimum Gasteiger partial charge on any atom is -0.381 e. The van der Waals surface area contributed by atoms with Crippen LogP contribution in [0, 0.1) is 6.92 Å². The van der Waals surface area contributed by atoms with Gasteiger partial charge in [-0.2, -0.15) is 9.40 Å². The summed E-state index contributed by atoms with van der Waals surface area (Å²) < 4.78 is 27.4. The first kappa shape index (κ1) is 11.4. The molecule has 1 fully saturated rings. The number of nitrogen functional groups attached to an aromatic ring is 1. The maximum Gasteiger partial charge on any atom is 0.248 e. The molecule has 0 saturated heterocycles. The predicted octanol–water partition coefficient (Wildman–Crippen LogP) is 0.0936. The van der Waals surface area contributed by atoms with Crippen molar-refractivity contribution in [2.75, 3.05) is 12.8 Å². The molecular weight excluding hydrogens is 228 g/mol. The van der Waals surface area contributed by atoms with Crippen LogP contribution in [0.5, 0.6) is 0 Å². The summed E-state index contributed by atoms with van der Waals surface area (Å²) in [7, 11) is -0.213. The highest BCUT2D eigenvalue weighted by Crippen LogP contribution is 2.33. The Kier molecular flexibility index (Phi) is 2.47. The second-order valence-corrected chi connectivity index (χ2v) is 6.11. The Labute approximate surface area is 95.1 Å². The zero-order chi connectivity index (χ0) is 12.1. The zero-order valence-corrected chi connectivity index (χ0v) is 10.5. The van der Waals surface area contributed by atoms with Crippen LogP contribution >= 0.6 is 0 Å². The van der Waals surface area contributed by atoms with Gasteiger partial charge in [-0.1, -0.05) is 0 Å². The molecule has 2 rings (SSSR count). The Balaban J connectivity index is 2.50. The van der Waals surface area contributed by atoms with E-state index in [0.717, 1.165) is 12.8 Å². The molecule has 1 heterocycles. The fraction of sp³-hybridized carbons (Fsp3) is 0.667. The number of nitrogens with zero attached hydrogens (tertiary/aromatic N) is 3. The Morgan fingerprint density at radius 2 is 2.06 bits per heavy atom. The fourth-order valence-corrected chi connectivity index (χ4v) is 3.41. The third kappa shape index (κ3) is 1.60. The van der Waals surface area contributed by atoms with Crippen molar-refractivity contribution in [1.82, 2.24) is 14.1 Å². The molecule has 1 saturated carbocycles. The maximum absolute atomic E-state index is 12.3. The molecule has 1 aliphatic carbocycles. The van der Waals surface area contributed by atoms with E-state index in [1.807, 2.05) is 0 Å². The molecule has 0 atom stereocenters. The second kappa shape index (κ2) is 3.46. The van der Waals surface area contributed by atoms with Crippen LogP contribution in [0.4, 0.5) is 5.82 Å². The monoisotopic (exact) mass is 244 g/mol. The van der Waals surface area contributed by atoms with Crippen molar-refractivity contribution in [1.29, 1.82) is 0 Å². The van der Waals surface area contributed by atoms with E-state index in [1.165, 1.54) is 8.99 Å². The highest BCUT2D eigenvalue weighted by atomic mass is 32.2. The normalized spacial score (nSPS) is 17.0. The van der Waals surface area contributed by atoms with Crippen LogP contribution in [0.25, 0.3) is 0 Å². The van der Waals surface area contributed by atoms with Crippen LogP contribution in [-0.2, 0) is 17.1 Å². The first-order valence-electron chi connectivity index (χ1n) is 5.13. The zero-order valence-electron chi connectivity index (χ0n) is 9.64. The van der Waals surface area contributed by atoms with E-state index in [2.05, 4.69) is 5.10 Å². The molecule has 16 heavy (non-hydrogen) atoms. The van der Waals surface area contributed by atoms with E-state index in [0.29, 0.717) is 5.69 Å². The number of aryl methyl sites for hydroxylation is 1. The van der Waals surface area contributed by atoms with Gasteiger partial charge in [0, 0.05) is 20.1 Å². The second-order valence-electron chi connectivity index (χ2n) is 4.18. The third-order valence-electron chi connectivity index (χ3n) is 3.00. The standard InChI is InChI=1S/C9H16N4O2S/c1-6-8(9(10)11-12(6)2)16(14,15)13(3)7-4-5-7/h7H,4-5H2,1-3H3,(H2,10,11). The van der Waals surface area contributed by atoms with Crippen LogP contribution in [0.15, 0.2) is 4.90 Å².